The molecule has 1 fully saturated rings. The van der Waals surface area contributed by atoms with Crippen LogP contribution in [0.4, 0.5) is 5.82 Å². The summed E-state index contributed by atoms with van der Waals surface area (Å²) in [5.41, 5.74) is 11.6. The van der Waals surface area contributed by atoms with E-state index in [4.69, 9.17) is 16.2 Å². The van der Waals surface area contributed by atoms with E-state index in [-0.39, 0.29) is 11.8 Å². The lowest BCUT2D eigenvalue weighted by molar-refractivity contribution is -0.354. The van der Waals surface area contributed by atoms with Crippen molar-refractivity contribution in [1.82, 2.24) is 9.55 Å². The molecular weight excluding hydrogens is 335 g/mol. The molecule has 23 heavy (non-hydrogen) atoms. The third-order valence-electron chi connectivity index (χ3n) is 3.33. The van der Waals surface area contributed by atoms with Gasteiger partial charge in [0, 0.05) is 0 Å². The number of nitrogens with zero attached hydrogens (tertiary/aromatic N) is 3. The van der Waals surface area contributed by atoms with Gasteiger partial charge in [0.1, 0.15) is 29.9 Å². The summed E-state index contributed by atoms with van der Waals surface area (Å²) in [5.74, 6) is 0.241. The maximum absolute atomic E-state index is 10.6. The summed E-state index contributed by atoms with van der Waals surface area (Å²) in [7, 11) is -5.42. The van der Waals surface area contributed by atoms with Crippen LogP contribution < -0.4 is 26.6 Å². The molecule has 14 heteroatoms. The Bertz CT molecular complexity index is 688. The number of phosphoric ester groups is 1. The van der Waals surface area contributed by atoms with E-state index in [1.54, 1.807) is 0 Å². The average Bonchev–Trinajstić information content (AvgIpc) is 2.94. The summed E-state index contributed by atoms with van der Waals surface area (Å²) in [5, 5.41) is 22.5. The van der Waals surface area contributed by atoms with Crippen molar-refractivity contribution >= 4 is 19.6 Å². The van der Waals surface area contributed by atoms with Crippen LogP contribution in [0.1, 0.15) is 18.1 Å². The van der Waals surface area contributed by atoms with Gasteiger partial charge >= 0.3 is 0 Å². The highest BCUT2D eigenvalue weighted by Crippen LogP contribution is 2.39. The Morgan fingerprint density at radius 1 is 1.43 bits per heavy atom. The third-order valence-corrected chi connectivity index (χ3v) is 3.79. The van der Waals surface area contributed by atoms with E-state index in [1.807, 2.05) is 0 Å². The van der Waals surface area contributed by atoms with Gasteiger partial charge in [-0.1, -0.05) is 0 Å². The van der Waals surface area contributed by atoms with Gasteiger partial charge in [0.15, 0.2) is 18.5 Å². The van der Waals surface area contributed by atoms with Gasteiger partial charge in [-0.25, -0.2) is 9.98 Å². The topological polar surface area (TPSA) is 216 Å². The molecule has 0 aromatic carbocycles. The first-order chi connectivity index (χ1) is 10.7. The predicted molar refractivity (Wildman–Crippen MR) is 69.0 cm³/mol. The van der Waals surface area contributed by atoms with Crippen molar-refractivity contribution in [2.24, 2.45) is 16.5 Å². The number of phosphoric acid groups is 1. The van der Waals surface area contributed by atoms with Crippen molar-refractivity contribution in [3.05, 3.63) is 12.0 Å². The minimum absolute atomic E-state index is 0.00352. The molecular formula is C9H13N6O7P-2. The fourth-order valence-corrected chi connectivity index (χ4v) is 2.78. The molecule has 5 atom stereocenters. The van der Waals surface area contributed by atoms with Crippen LogP contribution in [-0.4, -0.2) is 44.2 Å². The molecule has 0 radical (unpaired) electrons. The molecule has 7 N–H and O–H groups in total. The Hall–Kier alpha value is -1.57. The minimum Gasteiger partial charge on any atom is -0.790 e. The van der Waals surface area contributed by atoms with Crippen LogP contribution in [0.15, 0.2) is 11.3 Å². The van der Waals surface area contributed by atoms with Crippen molar-refractivity contribution < 1.29 is 33.8 Å². The standard InChI is InChI=1S/C9H15N6O7P/c10-5-2-6(14-9(11)13-5)15(1-12-2)7-3(16)4(17)8(21-7)22-23(18,19)20/h1,3-5,7-8,16-17H,10H2,(H3,11,13,14)(H2,18,19,20)/p-2. The number of nitrogens with two attached hydrogens (primary N) is 2. The van der Waals surface area contributed by atoms with Crippen molar-refractivity contribution in [2.45, 2.75) is 30.9 Å². The van der Waals surface area contributed by atoms with E-state index in [1.165, 1.54) is 10.9 Å². The molecule has 0 aliphatic carbocycles. The number of anilines is 1. The van der Waals surface area contributed by atoms with Crippen LogP contribution in [0.25, 0.3) is 0 Å². The van der Waals surface area contributed by atoms with Gasteiger partial charge in [0.2, 0.25) is 0 Å². The van der Waals surface area contributed by atoms with Gasteiger partial charge in [0.25, 0.3) is 0 Å². The number of aromatic nitrogens is 2. The van der Waals surface area contributed by atoms with Crippen LogP contribution in [0.3, 0.4) is 0 Å². The zero-order valence-corrected chi connectivity index (χ0v) is 12.2. The van der Waals surface area contributed by atoms with Gasteiger partial charge in [-0.3, -0.25) is 4.57 Å². The van der Waals surface area contributed by atoms with Crippen LogP contribution in [0.5, 0.6) is 0 Å². The van der Waals surface area contributed by atoms with E-state index in [9.17, 15) is 24.6 Å². The second kappa shape index (κ2) is 5.51. The van der Waals surface area contributed by atoms with Gasteiger partial charge in [-0.05, 0) is 0 Å². The molecule has 3 rings (SSSR count). The SMILES string of the molecule is NC1=NC(N)c2ncn(C3OC(OP(=O)([O-])[O-])C(O)C3O)c2N1. The van der Waals surface area contributed by atoms with Crippen LogP contribution in [-0.2, 0) is 13.8 Å². The summed E-state index contributed by atoms with van der Waals surface area (Å²) in [4.78, 5) is 29.1. The number of aliphatic hydroxyl groups is 2. The Labute approximate surface area is 128 Å². The third kappa shape index (κ3) is 2.96. The number of fused-ring (bicyclic) bond motifs is 1. The number of hydrogen-bond acceptors (Lipinski definition) is 12. The number of ether oxygens (including phenoxy) is 1. The lowest BCUT2D eigenvalue weighted by atomic mass is 10.2. The number of nitrogens with one attached hydrogen (secondary N) is 1. The summed E-state index contributed by atoms with van der Waals surface area (Å²) in [6.45, 7) is 0. The molecule has 2 aliphatic heterocycles. The fourth-order valence-electron chi connectivity index (χ4n) is 2.35. The Balaban J connectivity index is 1.88. The average molecular weight is 348 g/mol. The van der Waals surface area contributed by atoms with Gasteiger partial charge in [-0.15, -0.1) is 0 Å². The summed E-state index contributed by atoms with van der Waals surface area (Å²) < 4.78 is 21.1. The van der Waals surface area contributed by atoms with Crippen molar-refractivity contribution in [2.75, 3.05) is 5.32 Å². The largest absolute Gasteiger partial charge is 0.790 e. The van der Waals surface area contributed by atoms with E-state index in [0.717, 1.165) is 0 Å². The maximum Gasteiger partial charge on any atom is 0.196 e. The summed E-state index contributed by atoms with van der Waals surface area (Å²) in [6, 6.07) is 0. The fraction of sp³-hybridized carbons (Fsp3) is 0.556. The van der Waals surface area contributed by atoms with Crippen LogP contribution >= 0.6 is 7.82 Å². The van der Waals surface area contributed by atoms with E-state index in [0.29, 0.717) is 5.69 Å². The molecule has 13 nitrogen and oxygen atoms in total. The van der Waals surface area contributed by atoms with Crippen LogP contribution in [0.2, 0.25) is 0 Å². The number of hydrogen-bond donors (Lipinski definition) is 5. The van der Waals surface area contributed by atoms with Crippen molar-refractivity contribution in [3.63, 3.8) is 0 Å². The Kier molecular flexibility index (Phi) is 3.90. The lowest BCUT2D eigenvalue weighted by Crippen LogP contribution is -2.35. The summed E-state index contributed by atoms with van der Waals surface area (Å²) >= 11 is 0. The van der Waals surface area contributed by atoms with E-state index in [2.05, 4.69) is 19.8 Å². The van der Waals surface area contributed by atoms with Crippen molar-refractivity contribution in [1.29, 1.82) is 0 Å². The number of aliphatic imine (C=N–C) groups is 1. The number of imidazole rings is 1. The molecule has 1 aromatic heterocycles. The second-order valence-corrected chi connectivity index (χ2v) is 6.00. The Morgan fingerprint density at radius 2 is 2.13 bits per heavy atom. The Morgan fingerprint density at radius 3 is 2.78 bits per heavy atom. The number of rotatable bonds is 3. The minimum atomic E-state index is -5.42. The monoisotopic (exact) mass is 348 g/mol. The molecule has 0 amide bonds. The van der Waals surface area contributed by atoms with Crippen LogP contribution in [0, 0.1) is 0 Å². The highest BCUT2D eigenvalue weighted by molar-refractivity contribution is 7.43. The molecule has 0 spiro atoms. The zero-order valence-electron chi connectivity index (χ0n) is 11.3. The molecule has 3 heterocycles. The molecule has 1 aromatic rings. The number of aliphatic hydroxyl groups excluding tert-OH is 2. The first-order valence-corrected chi connectivity index (χ1v) is 7.78. The molecule has 0 bridgehead atoms. The molecule has 5 unspecified atom stereocenters. The van der Waals surface area contributed by atoms with Gasteiger partial charge < -0.3 is 50.6 Å². The molecule has 0 saturated carbocycles. The zero-order chi connectivity index (χ0) is 16.9. The normalized spacial score (nSPS) is 34.0. The van der Waals surface area contributed by atoms with Gasteiger partial charge in [0.05, 0.1) is 14.2 Å². The highest BCUT2D eigenvalue weighted by atomic mass is 31.2. The molecule has 2 aliphatic rings. The van der Waals surface area contributed by atoms with E-state index < -0.39 is 38.7 Å². The lowest BCUT2D eigenvalue weighted by Gasteiger charge is -2.32. The summed E-state index contributed by atoms with van der Waals surface area (Å²) in [6.07, 6.45) is -6.12. The predicted octanol–water partition coefficient (Wildman–Crippen LogP) is -4.00. The van der Waals surface area contributed by atoms with Gasteiger partial charge in [-0.2, -0.15) is 0 Å². The first kappa shape index (κ1) is 16.3. The molecule has 128 valence electrons. The number of guanidine groups is 1. The van der Waals surface area contributed by atoms with E-state index >= 15 is 0 Å². The quantitative estimate of drug-likeness (QED) is 0.331. The maximum atomic E-state index is 10.6. The smallest absolute Gasteiger partial charge is 0.196 e. The second-order valence-electron chi connectivity index (χ2n) is 4.90. The highest BCUT2D eigenvalue weighted by Gasteiger charge is 2.46. The first-order valence-electron chi connectivity index (χ1n) is 6.32. The van der Waals surface area contributed by atoms with Crippen molar-refractivity contribution in [3.8, 4) is 0 Å². The molecule has 1 saturated heterocycles.